The lowest BCUT2D eigenvalue weighted by molar-refractivity contribution is -0.115. The quantitative estimate of drug-likeness (QED) is 0.0218. The van der Waals surface area contributed by atoms with Gasteiger partial charge in [0.2, 0.25) is 0 Å². The zero-order valence-corrected chi connectivity index (χ0v) is 83.9. The molecule has 18 atom stereocenters. The predicted octanol–water partition coefficient (Wildman–Crippen LogP) is 19.6. The fraction of sp³-hybridized carbons (Fsp3) is 0.879. The Morgan fingerprint density at radius 2 is 0.642 bits per heavy atom. The van der Waals surface area contributed by atoms with Gasteiger partial charge in [-0.05, 0) is 323 Å². The highest BCUT2D eigenvalue weighted by molar-refractivity contribution is 6.75. The highest BCUT2D eigenvalue weighted by Crippen LogP contribution is 2.62. The second-order valence-corrected chi connectivity index (χ2v) is 60.1. The van der Waals surface area contributed by atoms with Gasteiger partial charge in [0.15, 0.2) is 25.0 Å². The van der Waals surface area contributed by atoms with Crippen LogP contribution in [0.5, 0.6) is 0 Å². The number of hydrogen-bond donors (Lipinski definition) is 9. The molecule has 18 nitrogen and oxygen atoms in total. The Balaban J connectivity index is 0.000000260. The van der Waals surface area contributed by atoms with Gasteiger partial charge in [0, 0.05) is 19.8 Å². The average molecular weight is 1740 g/mol. The van der Waals surface area contributed by atoms with E-state index in [1.165, 1.54) is 100 Å². The van der Waals surface area contributed by atoms with Crippen LogP contribution in [-0.4, -0.2) is 220 Å². The summed E-state index contributed by atoms with van der Waals surface area (Å²) in [5, 5.41) is 90.1. The highest BCUT2D eigenvalue weighted by atomic mass is 28.4. The first-order valence-electron chi connectivity index (χ1n) is 47.4. The molecule has 9 N–H and O–H groups in total. The third-order valence-electron chi connectivity index (χ3n) is 31.7. The van der Waals surface area contributed by atoms with E-state index in [0.29, 0.717) is 113 Å². The molecular weight excluding hydrogens is 1560 g/mol. The number of ether oxygens (including phenoxy) is 6. The van der Waals surface area contributed by atoms with Gasteiger partial charge in [-0.2, -0.15) is 0 Å². The van der Waals surface area contributed by atoms with Gasteiger partial charge in [0.25, 0.3) is 0 Å². The molecule has 9 fully saturated rings. The predicted molar refractivity (Wildman–Crippen MR) is 494 cm³/mol. The topological polar surface area (TPSA) is 265 Å². The van der Waals surface area contributed by atoms with Gasteiger partial charge in [0.1, 0.15) is 18.3 Å². The monoisotopic (exact) mass is 1740 g/mol. The Bertz CT molecular complexity index is 3150. The van der Waals surface area contributed by atoms with Crippen molar-refractivity contribution in [2.45, 2.75) is 444 Å². The number of rotatable bonds is 33. The molecular formula is C99H180O18Si3. The molecule has 0 heterocycles. The van der Waals surface area contributed by atoms with E-state index in [1.54, 1.807) is 5.57 Å². The van der Waals surface area contributed by atoms with Gasteiger partial charge in [-0.1, -0.05) is 153 Å². The Kier molecular flexibility index (Phi) is 38.5. The summed E-state index contributed by atoms with van der Waals surface area (Å²) >= 11 is 0. The fourth-order valence-corrected chi connectivity index (χ4v) is 25.1. The van der Waals surface area contributed by atoms with E-state index in [4.69, 9.17) is 51.9 Å². The summed E-state index contributed by atoms with van der Waals surface area (Å²) in [5.74, 6) is 3.26. The second-order valence-electron chi connectivity index (χ2n) is 45.8. The minimum absolute atomic E-state index is 0.0682. The third kappa shape index (κ3) is 28.9. The van der Waals surface area contributed by atoms with E-state index in [0.717, 1.165) is 36.8 Å². The molecule has 0 bridgehead atoms. The normalized spacial score (nSPS) is 33.8. The van der Waals surface area contributed by atoms with Crippen LogP contribution < -0.4 is 0 Å². The molecule has 0 aromatic heterocycles. The second kappa shape index (κ2) is 43.9. The first kappa shape index (κ1) is 105. The molecule has 9 rings (SSSR count). The van der Waals surface area contributed by atoms with Crippen LogP contribution in [0.1, 0.15) is 299 Å². The molecule has 21 heteroatoms. The van der Waals surface area contributed by atoms with Crippen LogP contribution in [0.2, 0.25) is 54.4 Å². The molecule has 696 valence electrons. The Morgan fingerprint density at radius 3 is 0.908 bits per heavy atom. The van der Waals surface area contributed by atoms with Crippen LogP contribution >= 0.6 is 0 Å². The van der Waals surface area contributed by atoms with E-state index in [2.05, 4.69) is 180 Å². The Morgan fingerprint density at radius 1 is 0.367 bits per heavy atom. The van der Waals surface area contributed by atoms with Crippen LogP contribution in [0, 0.1) is 51.8 Å². The van der Waals surface area contributed by atoms with E-state index in [9.17, 15) is 35.7 Å². The lowest BCUT2D eigenvalue weighted by atomic mass is 9.62. The number of allylic oxidation sites excluding steroid dienone is 9. The maximum Gasteiger partial charge on any atom is 0.192 e. The van der Waals surface area contributed by atoms with Crippen molar-refractivity contribution in [3.63, 3.8) is 0 Å². The van der Waals surface area contributed by atoms with Crippen molar-refractivity contribution in [2.75, 3.05) is 59.5 Å². The highest BCUT2D eigenvalue weighted by Gasteiger charge is 2.56. The summed E-state index contributed by atoms with van der Waals surface area (Å²) in [7, 11) is -6.15. The molecule has 0 spiro atoms. The van der Waals surface area contributed by atoms with Crippen molar-refractivity contribution in [1.82, 2.24) is 0 Å². The molecule has 0 aromatic rings. The number of hydrogen-bond acceptors (Lipinski definition) is 18. The first-order chi connectivity index (χ1) is 55.4. The van der Waals surface area contributed by atoms with Gasteiger partial charge in [-0.3, -0.25) is 0 Å². The molecule has 9 unspecified atom stereocenters. The van der Waals surface area contributed by atoms with Gasteiger partial charge in [-0.25, -0.2) is 0 Å². The van der Waals surface area contributed by atoms with E-state index in [1.807, 2.05) is 41.5 Å². The van der Waals surface area contributed by atoms with Crippen LogP contribution in [-0.2, 0) is 41.7 Å². The summed E-state index contributed by atoms with van der Waals surface area (Å²) in [6, 6.07) is 0. The van der Waals surface area contributed by atoms with E-state index >= 15 is 0 Å². The zero-order chi connectivity index (χ0) is 89.8. The van der Waals surface area contributed by atoms with Crippen LogP contribution in [0.4, 0.5) is 0 Å². The standard InChI is InChI=1S/C45H88O6Si3.2C27H46O6/c1-33(47-28-27-44(11,12)46)36-24-25-37-35(21-20-26-45(36,37)13)23-22-34-31-38(50-53(16,17)42(5,6)7)40(39(32-34)51-54(18,19)43(8,9)10)48-29-30-49-52(14,15)41(2,3)4;2*1-18(32-14-12-26(2,3)31)21-9-10-22-20(6-5-11-27(21,22)4)8-7-19-16-23(29)25(24(30)17-19)33-15-13-28/h22-23,33,36-40,46H,20-21,24-32H2,1-19H3;2*7-8,18,21-25,28-31H,5-6,9-17H2,1-4H3/b34-22?,35-23+;2*19-7?,20-8+/t33-,36?,37?,38-,39-,40?,45?;2*18-,21?,22?,23-,24-,25?,27?/m111/s1. The van der Waals surface area contributed by atoms with Crippen molar-refractivity contribution in [1.29, 1.82) is 0 Å². The van der Waals surface area contributed by atoms with Gasteiger partial charge < -0.3 is 87.7 Å². The van der Waals surface area contributed by atoms with E-state index in [-0.39, 0.29) is 94.4 Å². The van der Waals surface area contributed by atoms with Crippen molar-refractivity contribution < 1.29 is 87.7 Å². The number of aliphatic hydroxyl groups excluding tert-OH is 6. The van der Waals surface area contributed by atoms with Gasteiger partial charge >= 0.3 is 0 Å². The summed E-state index contributed by atoms with van der Waals surface area (Å²) in [5.41, 5.74) is 6.76. The summed E-state index contributed by atoms with van der Waals surface area (Å²) < 4.78 is 57.9. The van der Waals surface area contributed by atoms with Crippen molar-refractivity contribution >= 4 is 25.0 Å². The smallest absolute Gasteiger partial charge is 0.192 e. The van der Waals surface area contributed by atoms with Gasteiger partial charge in [-0.15, -0.1) is 0 Å². The van der Waals surface area contributed by atoms with Crippen molar-refractivity contribution in [3.05, 3.63) is 69.9 Å². The summed E-state index contributed by atoms with van der Waals surface area (Å²) in [6.07, 6.45) is 33.2. The fourth-order valence-electron chi connectivity index (χ4n) is 21.4. The maximum atomic E-state index is 10.4. The first-order valence-corrected chi connectivity index (χ1v) is 56.1. The number of aliphatic hydroxyl groups is 9. The third-order valence-corrected chi connectivity index (χ3v) is 45.3. The molecule has 9 aliphatic carbocycles. The molecule has 0 amide bonds. The Labute approximate surface area is 733 Å². The molecule has 0 aliphatic heterocycles. The van der Waals surface area contributed by atoms with Crippen LogP contribution in [0.25, 0.3) is 0 Å². The van der Waals surface area contributed by atoms with Crippen LogP contribution in [0.3, 0.4) is 0 Å². The molecule has 9 aliphatic rings. The lowest BCUT2D eigenvalue weighted by Crippen LogP contribution is -2.56. The molecule has 120 heavy (non-hydrogen) atoms. The molecule has 0 saturated heterocycles. The largest absolute Gasteiger partial charge is 0.414 e. The van der Waals surface area contributed by atoms with E-state index < -0.39 is 78.4 Å². The SMILES string of the molecule is C[C@@H](OCCC(C)(C)O)C1CCC2/C(=C/C=C3C[C@@H](O)C(OCCO)[C@H](O)C3)CCCC21C.C[C@@H](OCCC(C)(C)O)C1CCC2/C(=C/C=C3C[C@@H](O)C(OCCO)[C@H](O)C3)CCCC21C.C[C@@H](OCCC(C)(C)O)C1CCC2/C(=C/C=C3C[C@@H](O[Si](C)(C)C(C)(C)C)C(OCCO[Si](C)(C)C(C)(C)C)[C@H](O[Si](C)(C)C(C)(C)C)C3)CCCC21C. The minimum atomic E-state index is -2.13. The van der Waals surface area contributed by atoms with Crippen LogP contribution in [0.15, 0.2) is 69.9 Å². The maximum absolute atomic E-state index is 10.4. The van der Waals surface area contributed by atoms with Crippen molar-refractivity contribution in [2.24, 2.45) is 51.8 Å². The molecule has 9 saturated carbocycles. The molecule has 0 radical (unpaired) electrons. The lowest BCUT2D eigenvalue weighted by Gasteiger charge is -2.48. The summed E-state index contributed by atoms with van der Waals surface area (Å²) in [4.78, 5) is 0. The molecule has 0 aromatic carbocycles. The average Bonchev–Trinajstić information content (AvgIpc) is 1.60. The Hall–Kier alpha value is -1.63. The summed E-state index contributed by atoms with van der Waals surface area (Å²) in [6.45, 7) is 63.2. The number of fused-ring (bicyclic) bond motifs is 3. The minimum Gasteiger partial charge on any atom is -0.414 e. The van der Waals surface area contributed by atoms with Gasteiger partial charge in [0.05, 0.1) is 111 Å². The van der Waals surface area contributed by atoms with Crippen molar-refractivity contribution in [3.8, 4) is 0 Å². The zero-order valence-electron chi connectivity index (χ0n) is 80.9.